The standard InChI is InChI=1S/C21H32BClN2O4.2ClH/c23-19-5-2-16(3-6-19)17-8-11-25(12-9-17)14-18-4-1-15(7-10-22(28)29)13-21(18,24)20(26)27;;/h2-3,5-6,15,17-18,28-29H,1,4,7-14,24H2,(H,26,27);2*1H. The Kier molecular flexibility index (Phi) is 11.6. The Morgan fingerprint density at radius 3 is 2.29 bits per heavy atom. The number of likely N-dealkylation sites (tertiary alicyclic amines) is 1. The number of rotatable bonds is 7. The highest BCUT2D eigenvalue weighted by Gasteiger charge is 2.47. The molecule has 0 amide bonds. The van der Waals surface area contributed by atoms with Crippen molar-refractivity contribution < 1.29 is 19.9 Å². The van der Waals surface area contributed by atoms with Gasteiger partial charge >= 0.3 is 13.1 Å². The van der Waals surface area contributed by atoms with Crippen LogP contribution in [-0.2, 0) is 4.79 Å². The zero-order valence-electron chi connectivity index (χ0n) is 17.7. The van der Waals surface area contributed by atoms with E-state index in [-0.39, 0.29) is 43.0 Å². The van der Waals surface area contributed by atoms with Crippen LogP contribution < -0.4 is 5.73 Å². The van der Waals surface area contributed by atoms with Gasteiger partial charge in [-0.25, -0.2) is 0 Å². The van der Waals surface area contributed by atoms with Crippen LogP contribution in [0.4, 0.5) is 0 Å². The summed E-state index contributed by atoms with van der Waals surface area (Å²) in [5.41, 5.74) is 6.51. The van der Waals surface area contributed by atoms with Crippen LogP contribution in [0, 0.1) is 11.8 Å². The van der Waals surface area contributed by atoms with E-state index < -0.39 is 18.6 Å². The number of nitrogens with zero attached hydrogens (tertiary/aromatic N) is 1. The first-order valence-corrected chi connectivity index (χ1v) is 11.0. The van der Waals surface area contributed by atoms with Crippen LogP contribution in [0.3, 0.4) is 0 Å². The van der Waals surface area contributed by atoms with Crippen molar-refractivity contribution in [2.45, 2.75) is 56.3 Å². The van der Waals surface area contributed by atoms with Gasteiger partial charge in [-0.3, -0.25) is 4.79 Å². The molecular formula is C21H34BCl3N2O4. The second kappa shape index (κ2) is 12.6. The number of carboxylic acids is 1. The van der Waals surface area contributed by atoms with Crippen LogP contribution in [0.5, 0.6) is 0 Å². The Labute approximate surface area is 202 Å². The van der Waals surface area contributed by atoms with E-state index in [1.165, 1.54) is 5.56 Å². The van der Waals surface area contributed by atoms with Crippen molar-refractivity contribution in [3.05, 3.63) is 34.9 Å². The van der Waals surface area contributed by atoms with E-state index in [1.54, 1.807) is 0 Å². The lowest BCUT2D eigenvalue weighted by Gasteiger charge is -2.44. The smallest absolute Gasteiger partial charge is 0.451 e. The minimum absolute atomic E-state index is 0. The third-order valence-electron chi connectivity index (χ3n) is 6.92. The van der Waals surface area contributed by atoms with Gasteiger partial charge in [-0.05, 0) is 81.0 Å². The summed E-state index contributed by atoms with van der Waals surface area (Å²) in [7, 11) is -1.34. The Balaban J connectivity index is 0.00000240. The van der Waals surface area contributed by atoms with Gasteiger partial charge in [0.05, 0.1) is 0 Å². The normalized spacial score (nSPS) is 27.1. The van der Waals surface area contributed by atoms with Crippen molar-refractivity contribution >= 4 is 49.5 Å². The summed E-state index contributed by atoms with van der Waals surface area (Å²) in [5.74, 6) is -0.369. The molecule has 1 aliphatic heterocycles. The van der Waals surface area contributed by atoms with Crippen molar-refractivity contribution in [2.24, 2.45) is 17.6 Å². The Bertz CT molecular complexity index is 690. The predicted molar refractivity (Wildman–Crippen MR) is 129 cm³/mol. The summed E-state index contributed by atoms with van der Waals surface area (Å²) >= 11 is 5.99. The molecule has 1 aliphatic carbocycles. The first-order chi connectivity index (χ1) is 13.8. The van der Waals surface area contributed by atoms with Crippen molar-refractivity contribution in [1.29, 1.82) is 0 Å². The number of halogens is 3. The zero-order valence-corrected chi connectivity index (χ0v) is 20.0. The predicted octanol–water partition coefficient (Wildman–Crippen LogP) is 3.42. The lowest BCUT2D eigenvalue weighted by atomic mass is 9.66. The number of carboxylic acid groups (broad SMARTS) is 1. The van der Waals surface area contributed by atoms with Gasteiger partial charge in [0.15, 0.2) is 0 Å². The first-order valence-electron chi connectivity index (χ1n) is 10.6. The van der Waals surface area contributed by atoms with Crippen molar-refractivity contribution in [3.8, 4) is 0 Å². The van der Waals surface area contributed by atoms with Crippen LogP contribution in [-0.4, -0.2) is 58.3 Å². The third kappa shape index (κ3) is 7.49. The fourth-order valence-electron chi connectivity index (χ4n) is 5.08. The molecule has 10 heteroatoms. The number of benzene rings is 1. The van der Waals surface area contributed by atoms with E-state index in [4.69, 9.17) is 27.4 Å². The van der Waals surface area contributed by atoms with Gasteiger partial charge in [0, 0.05) is 17.5 Å². The highest BCUT2D eigenvalue weighted by molar-refractivity contribution is 6.40. The molecule has 0 spiro atoms. The first kappa shape index (κ1) is 28.5. The molecule has 1 aromatic rings. The minimum Gasteiger partial charge on any atom is -0.480 e. The Morgan fingerprint density at radius 2 is 1.74 bits per heavy atom. The molecular weight excluding hydrogens is 461 g/mol. The minimum atomic E-state index is -1.34. The molecule has 3 unspecified atom stereocenters. The van der Waals surface area contributed by atoms with E-state index in [2.05, 4.69) is 17.0 Å². The summed E-state index contributed by atoms with van der Waals surface area (Å²) in [5, 5.41) is 28.8. The van der Waals surface area contributed by atoms with Gasteiger partial charge in [-0.1, -0.05) is 30.2 Å². The Morgan fingerprint density at radius 1 is 1.13 bits per heavy atom. The molecule has 1 aromatic carbocycles. The Hall–Kier alpha value is -0.535. The van der Waals surface area contributed by atoms with Gasteiger partial charge in [0.25, 0.3) is 0 Å². The maximum absolute atomic E-state index is 12.0. The largest absolute Gasteiger partial charge is 0.480 e. The molecule has 1 saturated carbocycles. The molecule has 1 heterocycles. The number of hydrogen-bond donors (Lipinski definition) is 4. The number of nitrogens with two attached hydrogens (primary N) is 1. The summed E-state index contributed by atoms with van der Waals surface area (Å²) in [6.45, 7) is 2.60. The van der Waals surface area contributed by atoms with Gasteiger partial charge in [0.1, 0.15) is 5.54 Å². The number of carbonyl (C=O) groups is 1. The fraction of sp³-hybridized carbons (Fsp3) is 0.667. The van der Waals surface area contributed by atoms with Gasteiger partial charge < -0.3 is 25.8 Å². The van der Waals surface area contributed by atoms with E-state index in [9.17, 15) is 9.90 Å². The van der Waals surface area contributed by atoms with Crippen LogP contribution in [0.15, 0.2) is 24.3 Å². The SMILES string of the molecule is Cl.Cl.NC1(C(=O)O)CC(CCB(O)O)CCC1CN1CCC(c2ccc(Cl)cc2)CC1. The monoisotopic (exact) mass is 494 g/mol. The number of piperidine rings is 1. The number of aliphatic carboxylic acids is 1. The molecule has 3 rings (SSSR count). The van der Waals surface area contributed by atoms with Crippen LogP contribution in [0.1, 0.15) is 50.0 Å². The summed E-state index contributed by atoms with van der Waals surface area (Å²) in [6.07, 6.45) is 5.04. The quantitative estimate of drug-likeness (QED) is 0.432. The maximum atomic E-state index is 12.0. The average molecular weight is 496 g/mol. The van der Waals surface area contributed by atoms with Crippen molar-refractivity contribution in [2.75, 3.05) is 19.6 Å². The molecule has 1 saturated heterocycles. The molecule has 5 N–H and O–H groups in total. The van der Waals surface area contributed by atoms with E-state index in [0.29, 0.717) is 25.3 Å². The van der Waals surface area contributed by atoms with Crippen LogP contribution in [0.2, 0.25) is 11.3 Å². The van der Waals surface area contributed by atoms with Crippen molar-refractivity contribution in [1.82, 2.24) is 4.90 Å². The van der Waals surface area contributed by atoms with E-state index in [1.807, 2.05) is 12.1 Å². The summed E-state index contributed by atoms with van der Waals surface area (Å²) in [6, 6.07) is 8.07. The molecule has 0 bridgehead atoms. The topological polar surface area (TPSA) is 107 Å². The molecule has 2 fully saturated rings. The maximum Gasteiger partial charge on any atom is 0.451 e. The van der Waals surface area contributed by atoms with E-state index in [0.717, 1.165) is 43.8 Å². The third-order valence-corrected chi connectivity index (χ3v) is 7.17. The second-order valence-corrected chi connectivity index (χ2v) is 9.31. The molecule has 0 aromatic heterocycles. The van der Waals surface area contributed by atoms with E-state index >= 15 is 0 Å². The molecule has 3 atom stereocenters. The highest BCUT2D eigenvalue weighted by atomic mass is 35.5. The summed E-state index contributed by atoms with van der Waals surface area (Å²) in [4.78, 5) is 14.4. The lowest BCUT2D eigenvalue weighted by Crippen LogP contribution is -2.60. The zero-order chi connectivity index (χ0) is 21.0. The molecule has 2 aliphatic rings. The summed E-state index contributed by atoms with van der Waals surface area (Å²) < 4.78 is 0. The highest BCUT2D eigenvalue weighted by Crippen LogP contribution is 2.39. The fourth-order valence-corrected chi connectivity index (χ4v) is 5.21. The lowest BCUT2D eigenvalue weighted by molar-refractivity contribution is -0.148. The molecule has 0 radical (unpaired) electrons. The van der Waals surface area contributed by atoms with Gasteiger partial charge in [-0.2, -0.15) is 0 Å². The van der Waals surface area contributed by atoms with Crippen LogP contribution in [0.25, 0.3) is 0 Å². The molecule has 176 valence electrons. The molecule has 31 heavy (non-hydrogen) atoms. The average Bonchev–Trinajstić information content (AvgIpc) is 2.69. The van der Waals surface area contributed by atoms with Gasteiger partial charge in [-0.15, -0.1) is 24.8 Å². The van der Waals surface area contributed by atoms with Crippen LogP contribution >= 0.6 is 36.4 Å². The van der Waals surface area contributed by atoms with Crippen molar-refractivity contribution in [3.63, 3.8) is 0 Å². The molecule has 6 nitrogen and oxygen atoms in total. The van der Waals surface area contributed by atoms with Gasteiger partial charge in [0.2, 0.25) is 0 Å². The second-order valence-electron chi connectivity index (χ2n) is 8.87. The number of hydrogen-bond acceptors (Lipinski definition) is 5.